The van der Waals surface area contributed by atoms with Crippen molar-refractivity contribution < 1.29 is 19.4 Å². The normalized spacial score (nSPS) is 26.1. The van der Waals surface area contributed by atoms with Crippen LogP contribution < -0.4 is 0 Å². The topological polar surface area (TPSA) is 66.8 Å². The Morgan fingerprint density at radius 2 is 2.12 bits per heavy atom. The highest BCUT2D eigenvalue weighted by Crippen LogP contribution is 2.25. The molecule has 0 aromatic carbocycles. The van der Waals surface area contributed by atoms with Crippen LogP contribution in [0.3, 0.4) is 0 Å². The molecule has 0 unspecified atom stereocenters. The number of esters is 1. The molecule has 0 bridgehead atoms. The third-order valence-corrected chi connectivity index (χ3v) is 2.47. The molecule has 1 rings (SSSR count). The van der Waals surface area contributed by atoms with E-state index in [1.807, 2.05) is 0 Å². The molecule has 0 aromatic heterocycles. The largest absolute Gasteiger partial charge is 0.460 e. The van der Waals surface area contributed by atoms with Crippen molar-refractivity contribution in [1.82, 2.24) is 4.90 Å². The van der Waals surface area contributed by atoms with E-state index in [1.54, 1.807) is 20.8 Å². The van der Waals surface area contributed by atoms with Crippen molar-refractivity contribution in [2.75, 3.05) is 7.05 Å². The maximum Gasteiger partial charge on any atom is 0.307 e. The van der Waals surface area contributed by atoms with E-state index in [1.165, 1.54) is 11.9 Å². The summed E-state index contributed by atoms with van der Waals surface area (Å²) in [6, 6.07) is 0. The Labute approximate surface area is 95.4 Å². The number of hydrogen-bond acceptors (Lipinski definition) is 4. The first kappa shape index (κ1) is 13.0. The fourth-order valence-corrected chi connectivity index (χ4v) is 1.70. The monoisotopic (exact) mass is 229 g/mol. The fourth-order valence-electron chi connectivity index (χ4n) is 1.70. The van der Waals surface area contributed by atoms with Gasteiger partial charge in [0.05, 0.1) is 12.3 Å². The molecule has 92 valence electrons. The van der Waals surface area contributed by atoms with Gasteiger partial charge in [0.15, 0.2) is 0 Å². The number of ether oxygens (including phenoxy) is 1. The van der Waals surface area contributed by atoms with Gasteiger partial charge in [-0.25, -0.2) is 0 Å². The van der Waals surface area contributed by atoms with Crippen molar-refractivity contribution in [3.63, 3.8) is 0 Å². The Morgan fingerprint density at radius 1 is 1.56 bits per heavy atom. The Balaban J connectivity index is 2.50. The van der Waals surface area contributed by atoms with E-state index in [4.69, 9.17) is 4.74 Å². The number of carbonyl (C=O) groups excluding carboxylic acids is 2. The van der Waals surface area contributed by atoms with Gasteiger partial charge in [0.1, 0.15) is 11.8 Å². The van der Waals surface area contributed by atoms with Gasteiger partial charge in [-0.2, -0.15) is 0 Å². The predicted octanol–water partition coefficient (Wildman–Crippen LogP) is 0.515. The lowest BCUT2D eigenvalue weighted by atomic mass is 10.0. The van der Waals surface area contributed by atoms with Gasteiger partial charge >= 0.3 is 5.97 Å². The van der Waals surface area contributed by atoms with Crippen molar-refractivity contribution >= 4 is 11.9 Å². The Kier molecular flexibility index (Phi) is 3.57. The SMILES string of the molecule is CN1C(=O)[C@H](CC(=O)OC(C)(C)C)C[C@@H]1O. The summed E-state index contributed by atoms with van der Waals surface area (Å²) in [5, 5.41) is 9.44. The van der Waals surface area contributed by atoms with Gasteiger partial charge in [-0.15, -0.1) is 0 Å². The molecule has 0 spiro atoms. The Hall–Kier alpha value is -1.10. The number of hydrogen-bond donors (Lipinski definition) is 1. The fraction of sp³-hybridized carbons (Fsp3) is 0.818. The number of aliphatic hydroxyl groups is 1. The van der Waals surface area contributed by atoms with Crippen LogP contribution in [0.15, 0.2) is 0 Å². The molecule has 2 atom stereocenters. The van der Waals surface area contributed by atoms with Crippen LogP contribution in [0, 0.1) is 5.92 Å². The van der Waals surface area contributed by atoms with E-state index in [0.29, 0.717) is 6.42 Å². The minimum absolute atomic E-state index is 0.0392. The quantitative estimate of drug-likeness (QED) is 0.701. The second-order valence-electron chi connectivity index (χ2n) is 5.15. The van der Waals surface area contributed by atoms with Gasteiger partial charge in [0.25, 0.3) is 0 Å². The van der Waals surface area contributed by atoms with Crippen molar-refractivity contribution in [2.45, 2.75) is 45.4 Å². The summed E-state index contributed by atoms with van der Waals surface area (Å²) in [5.41, 5.74) is -0.538. The number of nitrogens with zero attached hydrogens (tertiary/aromatic N) is 1. The molecular weight excluding hydrogens is 210 g/mol. The van der Waals surface area contributed by atoms with Crippen molar-refractivity contribution in [3.8, 4) is 0 Å². The van der Waals surface area contributed by atoms with Crippen molar-refractivity contribution in [3.05, 3.63) is 0 Å². The molecule has 1 saturated heterocycles. The smallest absolute Gasteiger partial charge is 0.307 e. The number of likely N-dealkylation sites (tertiary alicyclic amines) is 1. The first-order valence-electron chi connectivity index (χ1n) is 5.37. The summed E-state index contributed by atoms with van der Waals surface area (Å²) in [6.07, 6.45) is -0.438. The minimum Gasteiger partial charge on any atom is -0.460 e. The second-order valence-corrected chi connectivity index (χ2v) is 5.15. The maximum absolute atomic E-state index is 11.6. The van der Waals surface area contributed by atoms with Gasteiger partial charge in [-0.05, 0) is 20.8 Å². The van der Waals surface area contributed by atoms with E-state index < -0.39 is 23.7 Å². The van der Waals surface area contributed by atoms with Gasteiger partial charge in [0.2, 0.25) is 5.91 Å². The zero-order chi connectivity index (χ0) is 12.5. The molecule has 1 fully saturated rings. The molecule has 16 heavy (non-hydrogen) atoms. The van der Waals surface area contributed by atoms with E-state index in [2.05, 4.69) is 0 Å². The number of amides is 1. The molecule has 1 N–H and O–H groups in total. The van der Waals surface area contributed by atoms with E-state index in [0.717, 1.165) is 0 Å². The Morgan fingerprint density at radius 3 is 2.50 bits per heavy atom. The average Bonchev–Trinajstić information content (AvgIpc) is 2.30. The lowest BCUT2D eigenvalue weighted by Crippen LogP contribution is -2.30. The third kappa shape index (κ3) is 3.20. The molecular formula is C11H19NO4. The first-order chi connectivity index (χ1) is 7.20. The average molecular weight is 229 g/mol. The van der Waals surface area contributed by atoms with Crippen LogP contribution in [-0.4, -0.2) is 40.8 Å². The summed E-state index contributed by atoms with van der Waals surface area (Å²) < 4.78 is 5.13. The second kappa shape index (κ2) is 4.41. The van der Waals surface area contributed by atoms with Crippen LogP contribution in [0.4, 0.5) is 0 Å². The predicted molar refractivity (Wildman–Crippen MR) is 57.3 cm³/mol. The molecule has 0 radical (unpaired) electrons. The molecule has 0 aromatic rings. The van der Waals surface area contributed by atoms with E-state index >= 15 is 0 Å². The summed E-state index contributed by atoms with van der Waals surface area (Å²) in [7, 11) is 1.53. The maximum atomic E-state index is 11.6. The zero-order valence-corrected chi connectivity index (χ0v) is 10.2. The highest BCUT2D eigenvalue weighted by atomic mass is 16.6. The van der Waals surface area contributed by atoms with Gasteiger partial charge < -0.3 is 14.7 Å². The van der Waals surface area contributed by atoms with Crippen LogP contribution in [-0.2, 0) is 14.3 Å². The lowest BCUT2D eigenvalue weighted by Gasteiger charge is -2.20. The summed E-state index contributed by atoms with van der Waals surface area (Å²) in [6.45, 7) is 5.34. The third-order valence-electron chi connectivity index (χ3n) is 2.47. The van der Waals surface area contributed by atoms with Crippen LogP contribution >= 0.6 is 0 Å². The number of carbonyl (C=O) groups is 2. The summed E-state index contributed by atoms with van der Waals surface area (Å²) >= 11 is 0. The zero-order valence-electron chi connectivity index (χ0n) is 10.2. The number of aliphatic hydroxyl groups excluding tert-OH is 1. The van der Waals surface area contributed by atoms with E-state index in [-0.39, 0.29) is 12.3 Å². The van der Waals surface area contributed by atoms with Crippen LogP contribution in [0.25, 0.3) is 0 Å². The molecule has 1 amide bonds. The highest BCUT2D eigenvalue weighted by molar-refractivity contribution is 5.85. The molecule has 0 aliphatic carbocycles. The standard InChI is InChI=1S/C11H19NO4/c1-11(2,3)16-9(14)6-7-5-8(13)12(4)10(7)15/h7-8,13H,5-6H2,1-4H3/t7-,8-/m0/s1. The molecule has 1 aliphatic heterocycles. The Bertz CT molecular complexity index is 295. The molecule has 0 saturated carbocycles. The lowest BCUT2D eigenvalue weighted by molar-refractivity contribution is -0.157. The van der Waals surface area contributed by atoms with Crippen molar-refractivity contribution in [1.29, 1.82) is 0 Å². The summed E-state index contributed by atoms with van der Waals surface area (Å²) in [5.74, 6) is -1.04. The number of rotatable bonds is 2. The molecule has 1 heterocycles. The van der Waals surface area contributed by atoms with Crippen LogP contribution in [0.1, 0.15) is 33.6 Å². The minimum atomic E-state index is -0.778. The molecule has 5 heteroatoms. The van der Waals surface area contributed by atoms with Gasteiger partial charge in [-0.1, -0.05) is 0 Å². The highest BCUT2D eigenvalue weighted by Gasteiger charge is 2.37. The molecule has 5 nitrogen and oxygen atoms in total. The van der Waals surface area contributed by atoms with E-state index in [9.17, 15) is 14.7 Å². The van der Waals surface area contributed by atoms with Gasteiger partial charge in [-0.3, -0.25) is 9.59 Å². The first-order valence-corrected chi connectivity index (χ1v) is 5.37. The van der Waals surface area contributed by atoms with Crippen molar-refractivity contribution in [2.24, 2.45) is 5.92 Å². The van der Waals surface area contributed by atoms with Crippen LogP contribution in [0.2, 0.25) is 0 Å². The van der Waals surface area contributed by atoms with Crippen LogP contribution in [0.5, 0.6) is 0 Å². The summed E-state index contributed by atoms with van der Waals surface area (Å²) in [4.78, 5) is 24.3. The molecule has 1 aliphatic rings. The van der Waals surface area contributed by atoms with Gasteiger partial charge in [0, 0.05) is 13.5 Å².